The van der Waals surface area contributed by atoms with Gasteiger partial charge in [-0.3, -0.25) is 4.79 Å². The summed E-state index contributed by atoms with van der Waals surface area (Å²) in [5.74, 6) is 0.267. The maximum Gasteiger partial charge on any atom is 0.328 e. The van der Waals surface area contributed by atoms with Gasteiger partial charge < -0.3 is 15.4 Å². The zero-order valence-corrected chi connectivity index (χ0v) is 12.2. The Morgan fingerprint density at radius 1 is 1.47 bits per heavy atom. The summed E-state index contributed by atoms with van der Waals surface area (Å²) < 4.78 is 4.75. The molecular weight excluding hydrogens is 244 g/mol. The predicted molar refractivity (Wildman–Crippen MR) is 73.6 cm³/mol. The highest BCUT2D eigenvalue weighted by atomic mass is 16.5. The SMILES string of the molecule is CCC(C)C(NC(=O)CCC1CCNC1)C(=O)OC. The van der Waals surface area contributed by atoms with Gasteiger partial charge in [0.2, 0.25) is 5.91 Å². The molecule has 0 aliphatic carbocycles. The molecule has 5 nitrogen and oxygen atoms in total. The molecule has 0 bridgehead atoms. The van der Waals surface area contributed by atoms with Gasteiger partial charge in [0.05, 0.1) is 7.11 Å². The monoisotopic (exact) mass is 270 g/mol. The largest absolute Gasteiger partial charge is 0.467 e. The van der Waals surface area contributed by atoms with Gasteiger partial charge in [0.15, 0.2) is 0 Å². The van der Waals surface area contributed by atoms with Gasteiger partial charge in [0, 0.05) is 6.42 Å². The van der Waals surface area contributed by atoms with Crippen molar-refractivity contribution in [3.63, 3.8) is 0 Å². The fraction of sp³-hybridized carbons (Fsp3) is 0.857. The number of ether oxygens (including phenoxy) is 1. The lowest BCUT2D eigenvalue weighted by atomic mass is 9.98. The first-order chi connectivity index (χ1) is 9.08. The average molecular weight is 270 g/mol. The van der Waals surface area contributed by atoms with Crippen molar-refractivity contribution in [1.29, 1.82) is 0 Å². The molecule has 1 saturated heterocycles. The van der Waals surface area contributed by atoms with Crippen LogP contribution in [-0.2, 0) is 14.3 Å². The number of carbonyl (C=O) groups is 2. The van der Waals surface area contributed by atoms with E-state index in [1.807, 2.05) is 13.8 Å². The molecule has 1 heterocycles. The Morgan fingerprint density at radius 3 is 2.74 bits per heavy atom. The maximum absolute atomic E-state index is 11.9. The third kappa shape index (κ3) is 5.19. The van der Waals surface area contributed by atoms with E-state index in [0.29, 0.717) is 12.3 Å². The molecule has 1 fully saturated rings. The Kier molecular flexibility index (Phi) is 6.84. The number of amides is 1. The number of hydrogen-bond acceptors (Lipinski definition) is 4. The smallest absolute Gasteiger partial charge is 0.328 e. The first kappa shape index (κ1) is 16.0. The van der Waals surface area contributed by atoms with Gasteiger partial charge in [0.1, 0.15) is 6.04 Å². The third-order valence-corrected chi connectivity index (χ3v) is 3.93. The lowest BCUT2D eigenvalue weighted by Gasteiger charge is -2.22. The third-order valence-electron chi connectivity index (χ3n) is 3.93. The Morgan fingerprint density at radius 2 is 2.21 bits per heavy atom. The van der Waals surface area contributed by atoms with Crippen molar-refractivity contribution in [3.8, 4) is 0 Å². The molecule has 2 N–H and O–H groups in total. The molecule has 5 heteroatoms. The van der Waals surface area contributed by atoms with Crippen molar-refractivity contribution >= 4 is 11.9 Å². The molecule has 3 unspecified atom stereocenters. The van der Waals surface area contributed by atoms with E-state index < -0.39 is 6.04 Å². The molecule has 1 amide bonds. The topological polar surface area (TPSA) is 67.4 Å². The highest BCUT2D eigenvalue weighted by Crippen LogP contribution is 2.15. The van der Waals surface area contributed by atoms with Crippen molar-refractivity contribution in [1.82, 2.24) is 10.6 Å². The Balaban J connectivity index is 2.39. The summed E-state index contributed by atoms with van der Waals surface area (Å²) in [5, 5.41) is 6.09. The zero-order valence-electron chi connectivity index (χ0n) is 12.2. The first-order valence-corrected chi connectivity index (χ1v) is 7.16. The Hall–Kier alpha value is -1.10. The van der Waals surface area contributed by atoms with Crippen molar-refractivity contribution < 1.29 is 14.3 Å². The summed E-state index contributed by atoms with van der Waals surface area (Å²) in [5.41, 5.74) is 0. The van der Waals surface area contributed by atoms with Crippen LogP contribution in [-0.4, -0.2) is 38.1 Å². The van der Waals surface area contributed by atoms with Crippen LogP contribution in [0.4, 0.5) is 0 Å². The quantitative estimate of drug-likeness (QED) is 0.679. The molecule has 1 aliphatic heterocycles. The van der Waals surface area contributed by atoms with Crippen molar-refractivity contribution in [2.75, 3.05) is 20.2 Å². The van der Waals surface area contributed by atoms with Gasteiger partial charge in [-0.05, 0) is 37.8 Å². The molecule has 19 heavy (non-hydrogen) atoms. The summed E-state index contributed by atoms with van der Waals surface area (Å²) in [6.45, 7) is 5.99. The lowest BCUT2D eigenvalue weighted by molar-refractivity contribution is -0.146. The molecule has 3 atom stereocenters. The van der Waals surface area contributed by atoms with E-state index in [1.54, 1.807) is 0 Å². The highest BCUT2D eigenvalue weighted by Gasteiger charge is 2.26. The normalized spacial score (nSPS) is 21.7. The van der Waals surface area contributed by atoms with Gasteiger partial charge in [0.25, 0.3) is 0 Å². The number of rotatable bonds is 7. The lowest BCUT2D eigenvalue weighted by Crippen LogP contribution is -2.45. The van der Waals surface area contributed by atoms with E-state index in [1.165, 1.54) is 7.11 Å². The number of methoxy groups -OCH3 is 1. The van der Waals surface area contributed by atoms with Crippen molar-refractivity contribution in [3.05, 3.63) is 0 Å². The standard InChI is InChI=1S/C14H26N2O3/c1-4-10(2)13(14(18)19-3)16-12(17)6-5-11-7-8-15-9-11/h10-11,13,15H,4-9H2,1-3H3,(H,16,17). The molecule has 0 radical (unpaired) electrons. The van der Waals surface area contributed by atoms with E-state index in [9.17, 15) is 9.59 Å². The molecule has 0 aromatic rings. The minimum absolute atomic E-state index is 0.0531. The summed E-state index contributed by atoms with van der Waals surface area (Å²) in [7, 11) is 1.36. The number of hydrogen-bond donors (Lipinski definition) is 2. The maximum atomic E-state index is 11.9. The minimum Gasteiger partial charge on any atom is -0.467 e. The molecule has 1 aliphatic rings. The van der Waals surface area contributed by atoms with E-state index in [0.717, 1.165) is 32.4 Å². The second-order valence-electron chi connectivity index (χ2n) is 5.35. The van der Waals surface area contributed by atoms with E-state index in [2.05, 4.69) is 10.6 Å². The number of carbonyl (C=O) groups excluding carboxylic acids is 2. The number of esters is 1. The predicted octanol–water partition coefficient (Wildman–Crippen LogP) is 1.08. The summed E-state index contributed by atoms with van der Waals surface area (Å²) in [6.07, 6.45) is 3.33. The van der Waals surface area contributed by atoms with Crippen LogP contribution in [0.25, 0.3) is 0 Å². The van der Waals surface area contributed by atoms with Crippen LogP contribution < -0.4 is 10.6 Å². The van der Waals surface area contributed by atoms with E-state index in [4.69, 9.17) is 4.74 Å². The number of nitrogens with one attached hydrogen (secondary N) is 2. The summed E-state index contributed by atoms with van der Waals surface area (Å²) >= 11 is 0. The van der Waals surface area contributed by atoms with Crippen molar-refractivity contribution in [2.45, 2.75) is 45.6 Å². The second-order valence-corrected chi connectivity index (χ2v) is 5.35. The highest BCUT2D eigenvalue weighted by molar-refractivity contribution is 5.84. The summed E-state index contributed by atoms with van der Waals surface area (Å²) in [6, 6.07) is -0.524. The van der Waals surface area contributed by atoms with Crippen LogP contribution in [0.5, 0.6) is 0 Å². The molecule has 0 aromatic carbocycles. The Labute approximate surface area is 115 Å². The van der Waals surface area contributed by atoms with Gasteiger partial charge in [-0.2, -0.15) is 0 Å². The van der Waals surface area contributed by atoms with Crippen LogP contribution in [0.15, 0.2) is 0 Å². The zero-order chi connectivity index (χ0) is 14.3. The van der Waals surface area contributed by atoms with Crippen LogP contribution in [0.3, 0.4) is 0 Å². The fourth-order valence-corrected chi connectivity index (χ4v) is 2.34. The van der Waals surface area contributed by atoms with Gasteiger partial charge in [-0.1, -0.05) is 20.3 Å². The van der Waals surface area contributed by atoms with Crippen LogP contribution in [0.1, 0.15) is 39.5 Å². The van der Waals surface area contributed by atoms with E-state index in [-0.39, 0.29) is 17.8 Å². The Bertz CT molecular complexity index is 301. The molecule has 1 rings (SSSR count). The molecule has 0 aromatic heterocycles. The second kappa shape index (κ2) is 8.15. The average Bonchev–Trinajstić information content (AvgIpc) is 2.94. The van der Waals surface area contributed by atoms with Gasteiger partial charge >= 0.3 is 5.97 Å². The minimum atomic E-state index is -0.524. The first-order valence-electron chi connectivity index (χ1n) is 7.16. The molecular formula is C14H26N2O3. The van der Waals surface area contributed by atoms with Crippen LogP contribution in [0.2, 0.25) is 0 Å². The van der Waals surface area contributed by atoms with Gasteiger partial charge in [-0.15, -0.1) is 0 Å². The molecule has 110 valence electrons. The van der Waals surface area contributed by atoms with Crippen LogP contribution in [0, 0.1) is 11.8 Å². The van der Waals surface area contributed by atoms with E-state index >= 15 is 0 Å². The fourth-order valence-electron chi connectivity index (χ4n) is 2.34. The van der Waals surface area contributed by atoms with Gasteiger partial charge in [-0.25, -0.2) is 4.79 Å². The summed E-state index contributed by atoms with van der Waals surface area (Å²) in [4.78, 5) is 23.6. The molecule has 0 saturated carbocycles. The van der Waals surface area contributed by atoms with Crippen LogP contribution >= 0.6 is 0 Å². The van der Waals surface area contributed by atoms with Crippen molar-refractivity contribution in [2.24, 2.45) is 11.8 Å². The molecule has 0 spiro atoms.